The number of anilines is 2. The highest BCUT2D eigenvalue weighted by molar-refractivity contribution is 5.94. The number of nitrogen functional groups attached to an aromatic ring is 1. The molecule has 1 amide bonds. The van der Waals surface area contributed by atoms with Crippen molar-refractivity contribution in [2.75, 3.05) is 24.3 Å². The summed E-state index contributed by atoms with van der Waals surface area (Å²) in [6.45, 7) is 6.67. The average Bonchev–Trinajstić information content (AvgIpc) is 2.21. The summed E-state index contributed by atoms with van der Waals surface area (Å²) in [5.74, 6) is 0.244. The van der Waals surface area contributed by atoms with Crippen molar-refractivity contribution in [3.63, 3.8) is 0 Å². The minimum absolute atomic E-state index is 0.0610. The third kappa shape index (κ3) is 4.87. The molecule has 94 valence electrons. The maximum atomic E-state index is 11.5. The average molecular weight is 236 g/mol. The lowest BCUT2D eigenvalue weighted by molar-refractivity contribution is -0.120. The molecular weight excluding hydrogens is 216 g/mol. The van der Waals surface area contributed by atoms with Crippen molar-refractivity contribution >= 4 is 17.3 Å². The van der Waals surface area contributed by atoms with E-state index in [2.05, 4.69) is 5.32 Å². The van der Waals surface area contributed by atoms with Crippen LogP contribution in [0.15, 0.2) is 18.2 Å². The number of nitrogens with two attached hydrogens (primary N) is 1. The van der Waals surface area contributed by atoms with Gasteiger partial charge in [-0.25, -0.2) is 0 Å². The monoisotopic (exact) mass is 236 g/mol. The van der Waals surface area contributed by atoms with Crippen LogP contribution in [-0.2, 0) is 9.53 Å². The topological polar surface area (TPSA) is 64.3 Å². The van der Waals surface area contributed by atoms with Gasteiger partial charge < -0.3 is 15.8 Å². The number of carbonyl (C=O) groups excluding carboxylic acids is 1. The zero-order valence-corrected chi connectivity index (χ0v) is 10.6. The second kappa shape index (κ2) is 6.25. The third-order valence-electron chi connectivity index (χ3n) is 2.17. The van der Waals surface area contributed by atoms with Crippen LogP contribution < -0.4 is 11.1 Å². The maximum absolute atomic E-state index is 11.5. The summed E-state index contributed by atoms with van der Waals surface area (Å²) in [4.78, 5) is 11.5. The van der Waals surface area contributed by atoms with Gasteiger partial charge >= 0.3 is 0 Å². The predicted molar refractivity (Wildman–Crippen MR) is 69.9 cm³/mol. The molecule has 0 bridgehead atoms. The Balaban J connectivity index is 2.45. The third-order valence-corrected chi connectivity index (χ3v) is 2.17. The molecule has 0 saturated heterocycles. The number of nitrogens with one attached hydrogen (secondary N) is 1. The first-order valence-electron chi connectivity index (χ1n) is 5.72. The van der Waals surface area contributed by atoms with E-state index in [1.807, 2.05) is 32.9 Å². The molecule has 0 unspecified atom stereocenters. The van der Waals surface area contributed by atoms with Crippen LogP contribution in [0.3, 0.4) is 0 Å². The van der Waals surface area contributed by atoms with Gasteiger partial charge in [0.25, 0.3) is 0 Å². The summed E-state index contributed by atoms with van der Waals surface area (Å²) in [7, 11) is 0. The van der Waals surface area contributed by atoms with Crippen LogP contribution in [-0.4, -0.2) is 19.1 Å². The molecule has 3 N–H and O–H groups in total. The molecule has 1 aromatic rings. The maximum Gasteiger partial charge on any atom is 0.250 e. The fraction of sp³-hybridized carbons (Fsp3) is 0.462. The Morgan fingerprint density at radius 2 is 2.18 bits per heavy atom. The van der Waals surface area contributed by atoms with Crippen molar-refractivity contribution in [3.8, 4) is 0 Å². The van der Waals surface area contributed by atoms with Gasteiger partial charge in [-0.3, -0.25) is 4.79 Å². The van der Waals surface area contributed by atoms with Gasteiger partial charge in [0.1, 0.15) is 6.61 Å². The second-order valence-electron chi connectivity index (χ2n) is 4.55. The fourth-order valence-electron chi connectivity index (χ4n) is 1.37. The Hall–Kier alpha value is -1.55. The van der Waals surface area contributed by atoms with Crippen molar-refractivity contribution < 1.29 is 9.53 Å². The molecule has 4 nitrogen and oxygen atoms in total. The van der Waals surface area contributed by atoms with Gasteiger partial charge in [-0.05, 0) is 30.5 Å². The number of carbonyl (C=O) groups is 1. The highest BCUT2D eigenvalue weighted by Crippen LogP contribution is 2.19. The molecule has 0 saturated carbocycles. The standard InChI is InChI=1S/C13H20N2O2/c1-9(2)7-17-8-13(16)15-12-5-4-10(3)6-11(12)14/h4-6,9H,7-8,14H2,1-3H3,(H,15,16). The largest absolute Gasteiger partial charge is 0.397 e. The molecule has 1 rings (SSSR count). The second-order valence-corrected chi connectivity index (χ2v) is 4.55. The minimum atomic E-state index is -0.179. The van der Waals surface area contributed by atoms with E-state index in [-0.39, 0.29) is 12.5 Å². The first-order valence-corrected chi connectivity index (χ1v) is 5.72. The molecule has 0 aromatic heterocycles. The van der Waals surface area contributed by atoms with E-state index in [9.17, 15) is 4.79 Å². The molecule has 0 aliphatic heterocycles. The van der Waals surface area contributed by atoms with Crippen molar-refractivity contribution in [2.24, 2.45) is 5.92 Å². The highest BCUT2D eigenvalue weighted by Gasteiger charge is 2.05. The van der Waals surface area contributed by atoms with Crippen LogP contribution in [0.25, 0.3) is 0 Å². The van der Waals surface area contributed by atoms with E-state index in [1.165, 1.54) is 0 Å². The van der Waals surface area contributed by atoms with Crippen LogP contribution >= 0.6 is 0 Å². The summed E-state index contributed by atoms with van der Waals surface area (Å²) in [5.41, 5.74) is 8.06. The molecule has 0 aliphatic carbocycles. The number of ether oxygens (including phenoxy) is 1. The summed E-state index contributed by atoms with van der Waals surface area (Å²) in [6.07, 6.45) is 0. The number of aryl methyl sites for hydroxylation is 1. The number of rotatable bonds is 5. The number of hydrogen-bond acceptors (Lipinski definition) is 3. The van der Waals surface area contributed by atoms with Gasteiger partial charge in [0.2, 0.25) is 5.91 Å². The first-order chi connectivity index (χ1) is 7.99. The summed E-state index contributed by atoms with van der Waals surface area (Å²) in [6, 6.07) is 5.52. The van der Waals surface area contributed by atoms with Crippen LogP contribution in [0.4, 0.5) is 11.4 Å². The molecule has 0 radical (unpaired) electrons. The number of benzene rings is 1. The van der Waals surface area contributed by atoms with Gasteiger partial charge in [-0.15, -0.1) is 0 Å². The molecule has 17 heavy (non-hydrogen) atoms. The summed E-state index contributed by atoms with van der Waals surface area (Å²) >= 11 is 0. The SMILES string of the molecule is Cc1ccc(NC(=O)COCC(C)C)c(N)c1. The van der Waals surface area contributed by atoms with Crippen molar-refractivity contribution in [1.82, 2.24) is 0 Å². The Bertz CT molecular complexity index is 389. The van der Waals surface area contributed by atoms with E-state index in [0.717, 1.165) is 5.56 Å². The molecule has 0 spiro atoms. The lowest BCUT2D eigenvalue weighted by atomic mass is 10.2. The van der Waals surface area contributed by atoms with E-state index >= 15 is 0 Å². The lowest BCUT2D eigenvalue weighted by Crippen LogP contribution is -2.20. The molecule has 4 heteroatoms. The minimum Gasteiger partial charge on any atom is -0.397 e. The molecule has 0 heterocycles. The van der Waals surface area contributed by atoms with Crippen LogP contribution in [0.2, 0.25) is 0 Å². The first kappa shape index (κ1) is 13.5. The molecule has 1 aromatic carbocycles. The van der Waals surface area contributed by atoms with E-state index in [1.54, 1.807) is 6.07 Å². The molecule has 0 fully saturated rings. The number of amides is 1. The smallest absolute Gasteiger partial charge is 0.250 e. The van der Waals surface area contributed by atoms with Crippen molar-refractivity contribution in [3.05, 3.63) is 23.8 Å². The Labute approximate surface area is 102 Å². The molecule has 0 aliphatic rings. The van der Waals surface area contributed by atoms with Crippen molar-refractivity contribution in [2.45, 2.75) is 20.8 Å². The van der Waals surface area contributed by atoms with Crippen LogP contribution in [0, 0.1) is 12.8 Å². The van der Waals surface area contributed by atoms with E-state index in [4.69, 9.17) is 10.5 Å². The van der Waals surface area contributed by atoms with Gasteiger partial charge in [0.15, 0.2) is 0 Å². The van der Waals surface area contributed by atoms with Gasteiger partial charge in [-0.2, -0.15) is 0 Å². The lowest BCUT2D eigenvalue weighted by Gasteiger charge is -2.10. The van der Waals surface area contributed by atoms with E-state index in [0.29, 0.717) is 23.9 Å². The predicted octanol–water partition coefficient (Wildman–Crippen LogP) is 2.19. The Morgan fingerprint density at radius 3 is 2.76 bits per heavy atom. The fourth-order valence-corrected chi connectivity index (χ4v) is 1.37. The van der Waals surface area contributed by atoms with Gasteiger partial charge in [-0.1, -0.05) is 19.9 Å². The highest BCUT2D eigenvalue weighted by atomic mass is 16.5. The molecular formula is C13H20N2O2. The van der Waals surface area contributed by atoms with Crippen LogP contribution in [0.5, 0.6) is 0 Å². The van der Waals surface area contributed by atoms with Crippen molar-refractivity contribution in [1.29, 1.82) is 0 Å². The van der Waals surface area contributed by atoms with Crippen LogP contribution in [0.1, 0.15) is 19.4 Å². The summed E-state index contributed by atoms with van der Waals surface area (Å²) < 4.78 is 5.24. The number of hydrogen-bond donors (Lipinski definition) is 2. The Kier molecular flexibility index (Phi) is 4.97. The normalized spacial score (nSPS) is 10.6. The van der Waals surface area contributed by atoms with Gasteiger partial charge in [0, 0.05) is 6.61 Å². The van der Waals surface area contributed by atoms with E-state index < -0.39 is 0 Å². The zero-order chi connectivity index (χ0) is 12.8. The summed E-state index contributed by atoms with van der Waals surface area (Å²) in [5, 5.41) is 2.72. The Morgan fingerprint density at radius 1 is 1.47 bits per heavy atom. The quantitative estimate of drug-likeness (QED) is 0.770. The van der Waals surface area contributed by atoms with Gasteiger partial charge in [0.05, 0.1) is 11.4 Å². The zero-order valence-electron chi connectivity index (χ0n) is 10.6. The molecule has 0 atom stereocenters.